The molecule has 0 aliphatic heterocycles. The summed E-state index contributed by atoms with van der Waals surface area (Å²) in [7, 11) is -2.18. The highest BCUT2D eigenvalue weighted by atomic mass is 32.2. The van der Waals surface area contributed by atoms with Gasteiger partial charge >= 0.3 is 0 Å². The molecule has 1 heterocycles. The maximum Gasteiger partial charge on any atom is 0.257 e. The standard InChI is InChI=1S/C5H9N3O3S/c1-8-2-5(12(6,10)11)7-4(8)3-9/h2,9H,3H2,1H3,(H2,6,10,11). The first kappa shape index (κ1) is 9.17. The van der Waals surface area contributed by atoms with Crippen LogP contribution in [0.5, 0.6) is 0 Å². The van der Waals surface area contributed by atoms with Crippen LogP contribution in [0.3, 0.4) is 0 Å². The van der Waals surface area contributed by atoms with E-state index in [9.17, 15) is 8.42 Å². The molecule has 1 aromatic rings. The van der Waals surface area contributed by atoms with Gasteiger partial charge in [-0.25, -0.2) is 18.5 Å². The Morgan fingerprint density at radius 2 is 2.33 bits per heavy atom. The molecule has 3 N–H and O–H groups in total. The number of aliphatic hydroxyl groups is 1. The molecule has 7 heteroatoms. The average molecular weight is 191 g/mol. The molecule has 0 saturated carbocycles. The van der Waals surface area contributed by atoms with Crippen molar-refractivity contribution < 1.29 is 13.5 Å². The molecule has 0 fully saturated rings. The summed E-state index contributed by atoms with van der Waals surface area (Å²) in [6.45, 7) is -0.313. The van der Waals surface area contributed by atoms with Gasteiger partial charge in [-0.2, -0.15) is 0 Å². The van der Waals surface area contributed by atoms with Crippen molar-refractivity contribution in [3.8, 4) is 0 Å². The Balaban J connectivity index is 3.23. The number of imidazole rings is 1. The third kappa shape index (κ3) is 1.63. The van der Waals surface area contributed by atoms with Gasteiger partial charge < -0.3 is 9.67 Å². The zero-order chi connectivity index (χ0) is 9.35. The summed E-state index contributed by atoms with van der Waals surface area (Å²) in [4.78, 5) is 3.60. The molecule has 6 nitrogen and oxygen atoms in total. The normalized spacial score (nSPS) is 11.9. The minimum absolute atomic E-state index is 0.228. The summed E-state index contributed by atoms with van der Waals surface area (Å²) >= 11 is 0. The van der Waals surface area contributed by atoms with E-state index in [-0.39, 0.29) is 17.5 Å². The number of aliphatic hydroxyl groups excluding tert-OH is 1. The van der Waals surface area contributed by atoms with Gasteiger partial charge in [-0.15, -0.1) is 0 Å². The highest BCUT2D eigenvalue weighted by molar-refractivity contribution is 7.89. The van der Waals surface area contributed by atoms with Gasteiger partial charge in [-0.1, -0.05) is 0 Å². The molecule has 68 valence electrons. The number of aromatic nitrogens is 2. The number of aryl methyl sites for hydroxylation is 1. The molecule has 0 unspecified atom stereocenters. The lowest BCUT2D eigenvalue weighted by atomic mass is 10.6. The van der Waals surface area contributed by atoms with Gasteiger partial charge in [0, 0.05) is 13.2 Å². The molecule has 0 atom stereocenters. The molecule has 0 bridgehead atoms. The van der Waals surface area contributed by atoms with Crippen LogP contribution in [-0.4, -0.2) is 23.1 Å². The minimum Gasteiger partial charge on any atom is -0.388 e. The zero-order valence-electron chi connectivity index (χ0n) is 6.43. The van der Waals surface area contributed by atoms with E-state index >= 15 is 0 Å². The van der Waals surface area contributed by atoms with Crippen LogP contribution in [0.15, 0.2) is 11.2 Å². The monoisotopic (exact) mass is 191 g/mol. The van der Waals surface area contributed by atoms with Crippen molar-refractivity contribution in [2.45, 2.75) is 11.6 Å². The molecule has 0 saturated heterocycles. The Hall–Kier alpha value is -0.920. The fourth-order valence-electron chi connectivity index (χ4n) is 0.759. The van der Waals surface area contributed by atoms with Crippen molar-refractivity contribution in [3.63, 3.8) is 0 Å². The predicted octanol–water partition coefficient (Wildman–Crippen LogP) is -1.44. The van der Waals surface area contributed by atoms with Crippen molar-refractivity contribution in [2.75, 3.05) is 0 Å². The average Bonchev–Trinajstić information content (AvgIpc) is 2.29. The molecule has 0 radical (unpaired) electrons. The molecular weight excluding hydrogens is 182 g/mol. The van der Waals surface area contributed by atoms with Crippen LogP contribution in [0.2, 0.25) is 0 Å². The Morgan fingerprint density at radius 1 is 1.75 bits per heavy atom. The van der Waals surface area contributed by atoms with Crippen molar-refractivity contribution in [2.24, 2.45) is 12.2 Å². The Kier molecular flexibility index (Phi) is 2.18. The van der Waals surface area contributed by atoms with Crippen molar-refractivity contribution in [1.82, 2.24) is 9.55 Å². The number of nitrogens with two attached hydrogens (primary N) is 1. The lowest BCUT2D eigenvalue weighted by Crippen LogP contribution is -2.12. The molecular formula is C5H9N3O3S. The number of hydrogen-bond donors (Lipinski definition) is 2. The molecule has 0 amide bonds. The maximum atomic E-state index is 10.7. The lowest BCUT2D eigenvalue weighted by molar-refractivity contribution is 0.267. The van der Waals surface area contributed by atoms with Crippen LogP contribution in [0, 0.1) is 0 Å². The third-order valence-corrected chi connectivity index (χ3v) is 2.16. The summed E-state index contributed by atoms with van der Waals surface area (Å²) in [6.07, 6.45) is 1.25. The molecule has 0 spiro atoms. The first-order valence-electron chi connectivity index (χ1n) is 3.11. The summed E-state index contributed by atoms with van der Waals surface area (Å²) in [5.41, 5.74) is 0. The number of sulfonamides is 1. The Morgan fingerprint density at radius 3 is 2.58 bits per heavy atom. The lowest BCUT2D eigenvalue weighted by Gasteiger charge is -1.91. The van der Waals surface area contributed by atoms with E-state index < -0.39 is 10.0 Å². The summed E-state index contributed by atoms with van der Waals surface area (Å²) < 4.78 is 22.9. The summed E-state index contributed by atoms with van der Waals surface area (Å²) in [5.74, 6) is 0.263. The Bertz CT molecular complexity index is 381. The fraction of sp³-hybridized carbons (Fsp3) is 0.400. The van der Waals surface area contributed by atoms with E-state index in [1.165, 1.54) is 10.8 Å². The number of nitrogens with zero attached hydrogens (tertiary/aromatic N) is 2. The number of rotatable bonds is 2. The first-order valence-corrected chi connectivity index (χ1v) is 4.65. The second kappa shape index (κ2) is 2.85. The van der Waals surface area contributed by atoms with Crippen molar-refractivity contribution >= 4 is 10.0 Å². The molecule has 0 aliphatic carbocycles. The SMILES string of the molecule is Cn1cc(S(N)(=O)=O)nc1CO. The quantitative estimate of drug-likeness (QED) is 0.598. The topological polar surface area (TPSA) is 98.2 Å². The van der Waals surface area contributed by atoms with Gasteiger partial charge in [0.2, 0.25) is 0 Å². The molecule has 1 rings (SSSR count). The summed E-state index contributed by atoms with van der Waals surface area (Å²) in [5, 5.41) is 13.3. The van der Waals surface area contributed by atoms with Gasteiger partial charge in [-0.05, 0) is 0 Å². The van der Waals surface area contributed by atoms with Gasteiger partial charge in [0.05, 0.1) is 0 Å². The van der Waals surface area contributed by atoms with Crippen molar-refractivity contribution in [3.05, 3.63) is 12.0 Å². The summed E-state index contributed by atoms with van der Waals surface area (Å²) in [6, 6.07) is 0. The molecule has 1 aromatic heterocycles. The molecule has 0 aliphatic rings. The van der Waals surface area contributed by atoms with E-state index in [1.807, 2.05) is 0 Å². The van der Waals surface area contributed by atoms with Gasteiger partial charge in [0.25, 0.3) is 10.0 Å². The predicted molar refractivity (Wildman–Crippen MR) is 40.5 cm³/mol. The smallest absolute Gasteiger partial charge is 0.257 e. The van der Waals surface area contributed by atoms with Crippen LogP contribution < -0.4 is 5.14 Å². The zero-order valence-corrected chi connectivity index (χ0v) is 7.24. The highest BCUT2D eigenvalue weighted by Gasteiger charge is 2.13. The minimum atomic E-state index is -3.76. The second-order valence-corrected chi connectivity index (χ2v) is 3.82. The van der Waals surface area contributed by atoms with Crippen LogP contribution in [0.25, 0.3) is 0 Å². The second-order valence-electron chi connectivity index (χ2n) is 2.31. The van der Waals surface area contributed by atoms with E-state index in [1.54, 1.807) is 7.05 Å². The van der Waals surface area contributed by atoms with Crippen LogP contribution >= 0.6 is 0 Å². The van der Waals surface area contributed by atoms with Gasteiger partial charge in [0.1, 0.15) is 12.4 Å². The Labute approximate surface area is 69.7 Å². The third-order valence-electron chi connectivity index (χ3n) is 1.38. The van der Waals surface area contributed by atoms with Crippen LogP contribution in [-0.2, 0) is 23.7 Å². The maximum absolute atomic E-state index is 10.7. The fourth-order valence-corrected chi connectivity index (χ4v) is 1.30. The van der Waals surface area contributed by atoms with E-state index in [4.69, 9.17) is 10.2 Å². The van der Waals surface area contributed by atoms with E-state index in [0.717, 1.165) is 0 Å². The van der Waals surface area contributed by atoms with Crippen LogP contribution in [0.1, 0.15) is 5.82 Å². The van der Waals surface area contributed by atoms with Crippen LogP contribution in [0.4, 0.5) is 0 Å². The first-order chi connectivity index (χ1) is 5.45. The van der Waals surface area contributed by atoms with Gasteiger partial charge in [-0.3, -0.25) is 0 Å². The molecule has 12 heavy (non-hydrogen) atoms. The van der Waals surface area contributed by atoms with E-state index in [0.29, 0.717) is 0 Å². The molecule has 0 aromatic carbocycles. The van der Waals surface area contributed by atoms with E-state index in [2.05, 4.69) is 4.98 Å². The number of primary sulfonamides is 1. The van der Waals surface area contributed by atoms with Crippen molar-refractivity contribution in [1.29, 1.82) is 0 Å². The largest absolute Gasteiger partial charge is 0.388 e. The van der Waals surface area contributed by atoms with Gasteiger partial charge in [0.15, 0.2) is 5.03 Å². The number of hydrogen-bond acceptors (Lipinski definition) is 4. The highest BCUT2D eigenvalue weighted by Crippen LogP contribution is 2.05.